The van der Waals surface area contributed by atoms with Crippen molar-refractivity contribution >= 4 is 11.8 Å². The van der Waals surface area contributed by atoms with Crippen molar-refractivity contribution in [1.29, 1.82) is 0 Å². The molecule has 1 rings (SSSR count). The summed E-state index contributed by atoms with van der Waals surface area (Å²) in [5, 5.41) is 0. The number of hydrogen-bond donors (Lipinski definition) is 0. The molecular formula is C11H18FNO2. The fourth-order valence-corrected chi connectivity index (χ4v) is 1.60. The van der Waals surface area contributed by atoms with E-state index in [0.29, 0.717) is 12.8 Å². The second-order valence-electron chi connectivity index (χ2n) is 5.00. The highest BCUT2D eigenvalue weighted by Crippen LogP contribution is 2.25. The lowest BCUT2D eigenvalue weighted by molar-refractivity contribution is -0.156. The minimum absolute atomic E-state index is 0.271. The molecule has 0 aromatic heterocycles. The van der Waals surface area contributed by atoms with Crippen molar-refractivity contribution in [3.63, 3.8) is 0 Å². The summed E-state index contributed by atoms with van der Waals surface area (Å²) < 4.78 is 13.6. The van der Waals surface area contributed by atoms with Gasteiger partial charge < -0.3 is 0 Å². The maximum Gasteiger partial charge on any atom is 0.236 e. The Morgan fingerprint density at radius 2 is 2.00 bits per heavy atom. The maximum absolute atomic E-state index is 13.6. The highest BCUT2D eigenvalue weighted by atomic mass is 19.1. The van der Waals surface area contributed by atoms with E-state index in [1.54, 1.807) is 20.8 Å². The molecular weight excluding hydrogens is 197 g/mol. The Morgan fingerprint density at radius 1 is 1.40 bits per heavy atom. The first-order chi connectivity index (χ1) is 6.84. The molecule has 2 amide bonds. The van der Waals surface area contributed by atoms with Crippen molar-refractivity contribution in [2.75, 3.05) is 0 Å². The first kappa shape index (κ1) is 12.1. The molecule has 4 heteroatoms. The Morgan fingerprint density at radius 3 is 2.53 bits per heavy atom. The number of carbonyl (C=O) groups excluding carboxylic acids is 2. The van der Waals surface area contributed by atoms with Crippen LogP contribution in [-0.4, -0.2) is 23.0 Å². The van der Waals surface area contributed by atoms with E-state index in [0.717, 1.165) is 4.90 Å². The van der Waals surface area contributed by atoms with Gasteiger partial charge in [-0.15, -0.1) is 0 Å². The van der Waals surface area contributed by atoms with Crippen LogP contribution in [0.5, 0.6) is 0 Å². The van der Waals surface area contributed by atoms with Crippen molar-refractivity contribution in [2.45, 2.75) is 52.8 Å². The fraction of sp³-hybridized carbons (Fsp3) is 0.818. The summed E-state index contributed by atoms with van der Waals surface area (Å²) in [6.07, 6.45) is 0.454. The van der Waals surface area contributed by atoms with E-state index in [4.69, 9.17) is 0 Å². The zero-order valence-corrected chi connectivity index (χ0v) is 9.55. The largest absolute Gasteiger partial charge is 0.274 e. The molecule has 0 saturated carbocycles. The third-order valence-electron chi connectivity index (χ3n) is 2.49. The van der Waals surface area contributed by atoms with Crippen molar-refractivity contribution in [2.24, 2.45) is 5.41 Å². The standard InChI is InChI=1S/C11H18FNO2/c1-11(2,3)10(15)13-8(12)6-4-5-7-9(13)14/h8H,4-7H2,1-3H3. The average Bonchev–Trinajstić information content (AvgIpc) is 2.25. The molecule has 0 N–H and O–H groups in total. The van der Waals surface area contributed by atoms with E-state index in [2.05, 4.69) is 0 Å². The van der Waals surface area contributed by atoms with Gasteiger partial charge >= 0.3 is 0 Å². The Kier molecular flexibility index (Phi) is 3.47. The minimum Gasteiger partial charge on any atom is -0.274 e. The Labute approximate surface area is 89.6 Å². The number of imide groups is 1. The zero-order valence-electron chi connectivity index (χ0n) is 9.55. The van der Waals surface area contributed by atoms with Crippen LogP contribution in [-0.2, 0) is 9.59 Å². The summed E-state index contributed by atoms with van der Waals surface area (Å²) >= 11 is 0. The normalized spacial score (nSPS) is 23.9. The highest BCUT2D eigenvalue weighted by Gasteiger charge is 2.37. The van der Waals surface area contributed by atoms with Gasteiger partial charge in [-0.3, -0.25) is 9.59 Å². The molecule has 0 bridgehead atoms. The van der Waals surface area contributed by atoms with Crippen LogP contribution in [0, 0.1) is 5.41 Å². The van der Waals surface area contributed by atoms with Gasteiger partial charge in [-0.1, -0.05) is 20.8 Å². The molecule has 1 aliphatic heterocycles. The van der Waals surface area contributed by atoms with E-state index in [1.165, 1.54) is 0 Å². The molecule has 0 aliphatic carbocycles. The van der Waals surface area contributed by atoms with Gasteiger partial charge in [0.15, 0.2) is 6.30 Å². The van der Waals surface area contributed by atoms with Crippen LogP contribution >= 0.6 is 0 Å². The number of carbonyl (C=O) groups is 2. The van der Waals surface area contributed by atoms with Crippen molar-refractivity contribution < 1.29 is 14.0 Å². The second-order valence-corrected chi connectivity index (χ2v) is 5.00. The molecule has 1 aliphatic rings. The van der Waals surface area contributed by atoms with Crippen LogP contribution in [0.15, 0.2) is 0 Å². The van der Waals surface area contributed by atoms with Crippen LogP contribution in [0.25, 0.3) is 0 Å². The van der Waals surface area contributed by atoms with Gasteiger partial charge in [0, 0.05) is 11.8 Å². The van der Waals surface area contributed by atoms with Gasteiger partial charge in [-0.25, -0.2) is 9.29 Å². The van der Waals surface area contributed by atoms with Gasteiger partial charge in [-0.05, 0) is 19.3 Å². The molecule has 86 valence electrons. The molecule has 0 radical (unpaired) electrons. The SMILES string of the molecule is CC(C)(C)C(=O)N1C(=O)CCCCC1F. The lowest BCUT2D eigenvalue weighted by Crippen LogP contribution is -2.46. The summed E-state index contributed by atoms with van der Waals surface area (Å²) in [5.41, 5.74) is -0.704. The van der Waals surface area contributed by atoms with Gasteiger partial charge in [0.25, 0.3) is 0 Å². The molecule has 1 fully saturated rings. The van der Waals surface area contributed by atoms with Crippen molar-refractivity contribution in [1.82, 2.24) is 4.90 Å². The lowest BCUT2D eigenvalue weighted by atomic mass is 9.94. The molecule has 0 aromatic rings. The van der Waals surface area contributed by atoms with Crippen LogP contribution in [0.2, 0.25) is 0 Å². The number of alkyl halides is 1. The van der Waals surface area contributed by atoms with E-state index >= 15 is 0 Å². The summed E-state index contributed by atoms with van der Waals surface area (Å²) in [6.45, 7) is 5.08. The first-order valence-corrected chi connectivity index (χ1v) is 5.34. The van der Waals surface area contributed by atoms with Crippen LogP contribution in [0.3, 0.4) is 0 Å². The lowest BCUT2D eigenvalue weighted by Gasteiger charge is -2.29. The van der Waals surface area contributed by atoms with E-state index in [1.807, 2.05) is 0 Å². The number of amides is 2. The Hall–Kier alpha value is -0.930. The zero-order chi connectivity index (χ0) is 11.6. The molecule has 3 nitrogen and oxygen atoms in total. The first-order valence-electron chi connectivity index (χ1n) is 5.34. The average molecular weight is 215 g/mol. The van der Waals surface area contributed by atoms with E-state index in [-0.39, 0.29) is 18.7 Å². The fourth-order valence-electron chi connectivity index (χ4n) is 1.60. The van der Waals surface area contributed by atoms with Crippen LogP contribution in [0.1, 0.15) is 46.5 Å². The van der Waals surface area contributed by atoms with Gasteiger partial charge in [0.2, 0.25) is 11.8 Å². The number of halogens is 1. The molecule has 0 spiro atoms. The number of nitrogens with zero attached hydrogens (tertiary/aromatic N) is 1. The quantitative estimate of drug-likeness (QED) is 0.581. The molecule has 1 atom stereocenters. The summed E-state index contributed by atoms with van der Waals surface area (Å²) in [5.74, 6) is -0.790. The molecule has 1 heterocycles. The number of rotatable bonds is 0. The van der Waals surface area contributed by atoms with Crippen LogP contribution < -0.4 is 0 Å². The number of likely N-dealkylation sites (tertiary alicyclic amines) is 1. The predicted molar refractivity (Wildman–Crippen MR) is 54.7 cm³/mol. The Bertz CT molecular complexity index is 270. The van der Waals surface area contributed by atoms with Gasteiger partial charge in [0.05, 0.1) is 0 Å². The van der Waals surface area contributed by atoms with E-state index < -0.39 is 17.6 Å². The monoisotopic (exact) mass is 215 g/mol. The Balaban J connectivity index is 2.88. The van der Waals surface area contributed by atoms with Crippen LogP contribution in [0.4, 0.5) is 4.39 Å². The third-order valence-corrected chi connectivity index (χ3v) is 2.49. The predicted octanol–water partition coefficient (Wildman–Crippen LogP) is 2.26. The number of hydrogen-bond acceptors (Lipinski definition) is 2. The molecule has 15 heavy (non-hydrogen) atoms. The third kappa shape index (κ3) is 2.76. The topological polar surface area (TPSA) is 37.4 Å². The highest BCUT2D eigenvalue weighted by molar-refractivity contribution is 5.98. The van der Waals surface area contributed by atoms with E-state index in [9.17, 15) is 14.0 Å². The maximum atomic E-state index is 13.6. The van der Waals surface area contributed by atoms with Crippen molar-refractivity contribution in [3.8, 4) is 0 Å². The summed E-state index contributed by atoms with van der Waals surface area (Å²) in [7, 11) is 0. The second kappa shape index (κ2) is 4.29. The van der Waals surface area contributed by atoms with Gasteiger partial charge in [-0.2, -0.15) is 0 Å². The smallest absolute Gasteiger partial charge is 0.236 e. The van der Waals surface area contributed by atoms with Crippen molar-refractivity contribution in [3.05, 3.63) is 0 Å². The van der Waals surface area contributed by atoms with Gasteiger partial charge in [0.1, 0.15) is 0 Å². The molecule has 1 saturated heterocycles. The summed E-state index contributed by atoms with van der Waals surface area (Å²) in [4.78, 5) is 24.2. The summed E-state index contributed by atoms with van der Waals surface area (Å²) in [6, 6.07) is 0. The molecule has 1 unspecified atom stereocenters. The molecule has 0 aromatic carbocycles. The minimum atomic E-state index is -1.44.